The van der Waals surface area contributed by atoms with Crippen LogP contribution in [0.5, 0.6) is 0 Å². The highest BCUT2D eigenvalue weighted by molar-refractivity contribution is 6.21. The summed E-state index contributed by atoms with van der Waals surface area (Å²) in [6, 6.07) is 33.4. The molecular weight excluding hydrogens is 544 g/mol. The first-order valence-electron chi connectivity index (χ1n) is 15.0. The second kappa shape index (κ2) is 12.0. The maximum atomic E-state index is 6.26. The maximum absolute atomic E-state index is 6.26. The minimum atomic E-state index is 0.0517. The van der Waals surface area contributed by atoms with Crippen molar-refractivity contribution >= 4 is 45.9 Å². The number of aryl methyl sites for hydroxylation is 2. The molecule has 0 bridgehead atoms. The zero-order valence-electron chi connectivity index (χ0n) is 24.3. The third-order valence-corrected chi connectivity index (χ3v) is 8.55. The van der Waals surface area contributed by atoms with Crippen molar-refractivity contribution in [2.45, 2.75) is 37.8 Å². The van der Waals surface area contributed by atoms with E-state index < -0.39 is 0 Å². The highest BCUT2D eigenvalue weighted by Gasteiger charge is 2.22. The summed E-state index contributed by atoms with van der Waals surface area (Å²) in [6.07, 6.45) is 7.56. The van der Waals surface area contributed by atoms with Crippen molar-refractivity contribution < 1.29 is 0 Å². The Balaban J connectivity index is 1.15. The lowest BCUT2D eigenvalue weighted by atomic mass is 9.92. The Morgan fingerprint density at radius 1 is 0.545 bits per heavy atom. The lowest BCUT2D eigenvalue weighted by Crippen LogP contribution is -2.28. The highest BCUT2D eigenvalue weighted by Crippen LogP contribution is 2.35. The first-order valence-corrected chi connectivity index (χ1v) is 15.0. The molecule has 0 saturated carbocycles. The normalized spacial score (nSPS) is 18.4. The van der Waals surface area contributed by atoms with Crippen molar-refractivity contribution in [2.24, 2.45) is 31.7 Å². The molecule has 6 N–H and O–H groups in total. The molecule has 218 valence electrons. The summed E-state index contributed by atoms with van der Waals surface area (Å²) in [5, 5.41) is 13.2. The van der Waals surface area contributed by atoms with Crippen LogP contribution in [0.2, 0.25) is 0 Å². The van der Waals surface area contributed by atoms with Crippen molar-refractivity contribution in [2.75, 3.05) is 0 Å². The van der Waals surface area contributed by atoms with Crippen molar-refractivity contribution in [3.05, 3.63) is 130 Å². The average molecular weight is 579 g/mol. The van der Waals surface area contributed by atoms with Gasteiger partial charge in [-0.1, -0.05) is 97.1 Å². The van der Waals surface area contributed by atoms with Crippen LogP contribution < -0.4 is 22.3 Å². The van der Waals surface area contributed by atoms with Gasteiger partial charge in [-0.15, -0.1) is 0 Å². The van der Waals surface area contributed by atoms with Crippen LogP contribution in [0.4, 0.5) is 0 Å². The Kier molecular flexibility index (Phi) is 7.46. The fraction of sp³-hybridized carbons (Fsp3) is 0.167. The quantitative estimate of drug-likeness (QED) is 0.0874. The molecule has 0 saturated heterocycles. The summed E-state index contributed by atoms with van der Waals surface area (Å²) in [5.74, 6) is 0.596. The van der Waals surface area contributed by atoms with E-state index in [-0.39, 0.29) is 12.1 Å². The van der Waals surface area contributed by atoms with Gasteiger partial charge in [-0.3, -0.25) is 0 Å². The van der Waals surface area contributed by atoms with E-state index >= 15 is 0 Å². The molecule has 0 radical (unpaired) electrons. The molecular formula is C36H34N8. The first-order chi connectivity index (χ1) is 21.7. The van der Waals surface area contributed by atoms with E-state index in [1.54, 1.807) is 0 Å². The summed E-state index contributed by atoms with van der Waals surface area (Å²) in [4.78, 5) is 9.41. The number of guanidine groups is 2. The largest absolute Gasteiger partial charge is 0.369 e. The molecule has 5 aromatic carbocycles. The van der Waals surface area contributed by atoms with Crippen LogP contribution in [0.25, 0.3) is 21.5 Å². The molecule has 2 aliphatic carbocycles. The predicted octanol–water partition coefficient (Wildman–Crippen LogP) is 5.84. The molecule has 5 aromatic rings. The predicted molar refractivity (Wildman–Crippen MR) is 181 cm³/mol. The number of nitrogens with two attached hydrogens (primary N) is 2. The van der Waals surface area contributed by atoms with Gasteiger partial charge >= 0.3 is 0 Å². The topological polar surface area (TPSA) is 126 Å². The van der Waals surface area contributed by atoms with Crippen LogP contribution >= 0.6 is 0 Å². The Morgan fingerprint density at radius 2 is 0.909 bits per heavy atom. The van der Waals surface area contributed by atoms with Gasteiger partial charge < -0.3 is 11.5 Å². The van der Waals surface area contributed by atoms with E-state index in [1.165, 1.54) is 22.3 Å². The van der Waals surface area contributed by atoms with E-state index in [0.717, 1.165) is 58.4 Å². The minimum Gasteiger partial charge on any atom is -0.369 e. The number of hydrogen-bond acceptors (Lipinski definition) is 4. The SMILES string of the molecule is NC(=NC1CCc2ccccc21)N/N=C/c1c2ccccc2c(/C=N/NC(N)=NC2CCc3ccccc32)c2ccccc12. The molecule has 0 amide bonds. The zero-order valence-corrected chi connectivity index (χ0v) is 24.3. The molecule has 2 unspecified atom stereocenters. The maximum Gasteiger partial charge on any atom is 0.210 e. The second-order valence-corrected chi connectivity index (χ2v) is 11.2. The standard InChI is InChI=1S/C36H34N8/c37-35(41-33-19-17-23-9-1-3-11-25(23)33)43-39-21-31-27-13-5-7-15-29(27)32(30-16-8-6-14-28(30)31)22-40-44-36(38)42-34-20-18-24-10-2-4-12-26(24)34/h1-16,21-22,33-34H,17-20H2,(H3,37,41,43)(H3,38,42,44)/b39-21+,40-22+. The summed E-state index contributed by atoms with van der Waals surface area (Å²) in [6.45, 7) is 0. The summed E-state index contributed by atoms with van der Waals surface area (Å²) in [5.41, 5.74) is 25.5. The van der Waals surface area contributed by atoms with Gasteiger partial charge in [-0.2, -0.15) is 10.2 Å². The van der Waals surface area contributed by atoms with Gasteiger partial charge in [0.05, 0.1) is 24.5 Å². The van der Waals surface area contributed by atoms with E-state index in [1.807, 2.05) is 48.8 Å². The van der Waals surface area contributed by atoms with Crippen LogP contribution in [-0.2, 0) is 12.8 Å². The number of hydrazone groups is 2. The first kappa shape index (κ1) is 27.3. The number of benzene rings is 5. The van der Waals surface area contributed by atoms with E-state index in [9.17, 15) is 0 Å². The van der Waals surface area contributed by atoms with Crippen LogP contribution in [-0.4, -0.2) is 24.3 Å². The molecule has 44 heavy (non-hydrogen) atoms. The van der Waals surface area contributed by atoms with Gasteiger partial charge in [-0.25, -0.2) is 20.8 Å². The number of fused-ring (bicyclic) bond motifs is 4. The smallest absolute Gasteiger partial charge is 0.210 e. The van der Waals surface area contributed by atoms with Crippen LogP contribution in [0.15, 0.2) is 117 Å². The van der Waals surface area contributed by atoms with Crippen LogP contribution in [0.1, 0.15) is 58.3 Å². The molecule has 2 aliphatic rings. The van der Waals surface area contributed by atoms with Crippen molar-refractivity contribution in [3.63, 3.8) is 0 Å². The number of aliphatic imine (C=N–C) groups is 2. The van der Waals surface area contributed by atoms with E-state index in [2.05, 4.69) is 81.7 Å². The van der Waals surface area contributed by atoms with E-state index in [4.69, 9.17) is 21.5 Å². The zero-order chi connectivity index (χ0) is 29.9. The lowest BCUT2D eigenvalue weighted by molar-refractivity contribution is 0.707. The van der Waals surface area contributed by atoms with Gasteiger partial charge in [0.25, 0.3) is 0 Å². The number of rotatable bonds is 6. The molecule has 8 nitrogen and oxygen atoms in total. The van der Waals surface area contributed by atoms with Gasteiger partial charge in [0.2, 0.25) is 11.9 Å². The Bertz CT molecular complexity index is 1770. The monoisotopic (exact) mass is 578 g/mol. The van der Waals surface area contributed by atoms with Gasteiger partial charge in [0.15, 0.2) is 0 Å². The molecule has 0 aromatic heterocycles. The highest BCUT2D eigenvalue weighted by atomic mass is 15.4. The van der Waals surface area contributed by atoms with Crippen LogP contribution in [0.3, 0.4) is 0 Å². The van der Waals surface area contributed by atoms with Crippen LogP contribution in [0, 0.1) is 0 Å². The number of nitrogens with one attached hydrogen (secondary N) is 2. The fourth-order valence-corrected chi connectivity index (χ4v) is 6.53. The molecule has 0 aliphatic heterocycles. The third-order valence-electron chi connectivity index (χ3n) is 8.55. The number of hydrogen-bond donors (Lipinski definition) is 4. The summed E-state index contributed by atoms with van der Waals surface area (Å²) in [7, 11) is 0. The average Bonchev–Trinajstić information content (AvgIpc) is 3.66. The molecule has 7 rings (SSSR count). The molecule has 0 heterocycles. The van der Waals surface area contributed by atoms with E-state index in [0.29, 0.717) is 11.9 Å². The minimum absolute atomic E-state index is 0.0517. The van der Waals surface area contributed by atoms with Gasteiger partial charge in [0.1, 0.15) is 0 Å². The molecule has 2 atom stereocenters. The van der Waals surface area contributed by atoms with Gasteiger partial charge in [0, 0.05) is 11.1 Å². The summed E-state index contributed by atoms with van der Waals surface area (Å²) >= 11 is 0. The molecule has 0 fully saturated rings. The van der Waals surface area contributed by atoms with Crippen molar-refractivity contribution in [1.82, 2.24) is 10.9 Å². The Morgan fingerprint density at radius 3 is 1.32 bits per heavy atom. The summed E-state index contributed by atoms with van der Waals surface area (Å²) < 4.78 is 0. The molecule has 8 heteroatoms. The van der Waals surface area contributed by atoms with Gasteiger partial charge in [-0.05, 0) is 69.5 Å². The Labute approximate surface area is 256 Å². The second-order valence-electron chi connectivity index (χ2n) is 11.2. The number of nitrogens with zero attached hydrogens (tertiary/aromatic N) is 4. The van der Waals surface area contributed by atoms with Crippen molar-refractivity contribution in [1.29, 1.82) is 0 Å². The Hall–Kier alpha value is -5.50. The third kappa shape index (κ3) is 5.38. The molecule has 0 spiro atoms. The fourth-order valence-electron chi connectivity index (χ4n) is 6.53. The lowest BCUT2D eigenvalue weighted by Gasteiger charge is -2.13. The van der Waals surface area contributed by atoms with Crippen molar-refractivity contribution in [3.8, 4) is 0 Å².